The zero-order valence-corrected chi connectivity index (χ0v) is 19.6. The summed E-state index contributed by atoms with van der Waals surface area (Å²) in [7, 11) is 0. The predicted octanol–water partition coefficient (Wildman–Crippen LogP) is 7.89. The highest BCUT2D eigenvalue weighted by atomic mass is 35.5. The number of nitrogens with zero attached hydrogens (tertiary/aromatic N) is 4. The second-order valence-corrected chi connectivity index (χ2v) is 8.18. The van der Waals surface area contributed by atoms with Crippen molar-refractivity contribution in [2.45, 2.75) is 0 Å². The van der Waals surface area contributed by atoms with E-state index in [0.717, 1.165) is 22.5 Å². The lowest BCUT2D eigenvalue weighted by molar-refractivity contribution is 1.14. The Morgan fingerprint density at radius 1 is 0.571 bits per heavy atom. The molecule has 0 spiro atoms. The smallest absolute Gasteiger partial charge is 0.222 e. The molecule has 0 saturated heterocycles. The van der Waals surface area contributed by atoms with Crippen molar-refractivity contribution in [1.82, 2.24) is 19.9 Å². The Morgan fingerprint density at radius 3 is 1.63 bits per heavy atom. The van der Waals surface area contributed by atoms with E-state index in [-0.39, 0.29) is 5.28 Å². The summed E-state index contributed by atoms with van der Waals surface area (Å²) in [5.74, 6) is 0.653. The van der Waals surface area contributed by atoms with Crippen LogP contribution >= 0.6 is 11.6 Å². The highest BCUT2D eigenvalue weighted by molar-refractivity contribution is 6.28. The van der Waals surface area contributed by atoms with Gasteiger partial charge in [0.2, 0.25) is 5.28 Å². The zero-order valence-electron chi connectivity index (χ0n) is 18.8. The molecule has 35 heavy (non-hydrogen) atoms. The lowest BCUT2D eigenvalue weighted by atomic mass is 10.1. The minimum atomic E-state index is 0.274. The van der Waals surface area contributed by atoms with E-state index < -0.39 is 0 Å². The van der Waals surface area contributed by atoms with Gasteiger partial charge >= 0.3 is 0 Å². The highest BCUT2D eigenvalue weighted by Crippen LogP contribution is 2.24. The molecule has 2 aromatic heterocycles. The van der Waals surface area contributed by atoms with Gasteiger partial charge in [0, 0.05) is 23.5 Å². The SMILES string of the molecule is C=Cc1nccc(-c2ccc3ccccc3c2)n1.Clc1nccc(-c2ccc3ccccc3c2)n1. The monoisotopic (exact) mass is 472 g/mol. The fraction of sp³-hybridized carbons (Fsp3) is 0. The third kappa shape index (κ3) is 5.24. The van der Waals surface area contributed by atoms with Crippen molar-refractivity contribution in [2.24, 2.45) is 0 Å². The van der Waals surface area contributed by atoms with Crippen molar-refractivity contribution in [3.63, 3.8) is 0 Å². The average molecular weight is 473 g/mol. The Labute approximate surface area is 208 Å². The number of hydrogen-bond donors (Lipinski definition) is 0. The van der Waals surface area contributed by atoms with E-state index in [2.05, 4.69) is 81.1 Å². The number of rotatable bonds is 3. The van der Waals surface area contributed by atoms with Crippen molar-refractivity contribution >= 4 is 39.2 Å². The van der Waals surface area contributed by atoms with Crippen molar-refractivity contribution in [3.8, 4) is 22.5 Å². The van der Waals surface area contributed by atoms with Crippen LogP contribution < -0.4 is 0 Å². The van der Waals surface area contributed by atoms with Crippen LogP contribution in [0.15, 0.2) is 116 Å². The van der Waals surface area contributed by atoms with E-state index in [1.54, 1.807) is 18.5 Å². The maximum absolute atomic E-state index is 5.79. The molecule has 4 nitrogen and oxygen atoms in total. The van der Waals surface area contributed by atoms with Gasteiger partial charge in [-0.3, -0.25) is 0 Å². The molecular weight excluding hydrogens is 452 g/mol. The Hall–Kier alpha value is -4.41. The summed E-state index contributed by atoms with van der Waals surface area (Å²) in [6.07, 6.45) is 5.08. The lowest BCUT2D eigenvalue weighted by Gasteiger charge is -2.03. The van der Waals surface area contributed by atoms with Crippen molar-refractivity contribution in [3.05, 3.63) is 127 Å². The average Bonchev–Trinajstić information content (AvgIpc) is 2.93. The van der Waals surface area contributed by atoms with E-state index in [4.69, 9.17) is 11.6 Å². The molecule has 0 saturated carbocycles. The van der Waals surface area contributed by atoms with Crippen molar-refractivity contribution in [2.75, 3.05) is 0 Å². The molecule has 0 unspecified atom stereocenters. The van der Waals surface area contributed by atoms with Gasteiger partial charge in [0.1, 0.15) is 0 Å². The summed E-state index contributed by atoms with van der Waals surface area (Å²) in [5, 5.41) is 5.14. The summed E-state index contributed by atoms with van der Waals surface area (Å²) >= 11 is 5.79. The molecule has 0 N–H and O–H groups in total. The van der Waals surface area contributed by atoms with Crippen LogP contribution in [0.3, 0.4) is 0 Å². The highest BCUT2D eigenvalue weighted by Gasteiger charge is 2.03. The van der Waals surface area contributed by atoms with Crippen LogP contribution in [-0.2, 0) is 0 Å². The molecule has 0 atom stereocenters. The molecule has 4 aromatic carbocycles. The Morgan fingerprint density at radius 2 is 1.09 bits per heavy atom. The van der Waals surface area contributed by atoms with Crippen LogP contribution in [0.25, 0.3) is 50.1 Å². The number of aromatic nitrogens is 4. The topological polar surface area (TPSA) is 51.6 Å². The maximum atomic E-state index is 5.79. The molecule has 0 bridgehead atoms. The van der Waals surface area contributed by atoms with Gasteiger partial charge in [-0.05, 0) is 63.5 Å². The molecule has 0 amide bonds. The van der Waals surface area contributed by atoms with Crippen LogP contribution in [0.4, 0.5) is 0 Å². The first kappa shape index (κ1) is 22.4. The first-order valence-electron chi connectivity index (χ1n) is 11.1. The minimum absolute atomic E-state index is 0.274. The summed E-state index contributed by atoms with van der Waals surface area (Å²) in [6.45, 7) is 3.69. The molecule has 2 heterocycles. The second kappa shape index (κ2) is 10.2. The number of halogens is 1. The minimum Gasteiger partial charge on any atom is -0.237 e. The third-order valence-corrected chi connectivity index (χ3v) is 5.76. The lowest BCUT2D eigenvalue weighted by Crippen LogP contribution is -1.89. The predicted molar refractivity (Wildman–Crippen MR) is 145 cm³/mol. The van der Waals surface area contributed by atoms with E-state index in [1.807, 2.05) is 42.5 Å². The normalized spacial score (nSPS) is 10.5. The van der Waals surface area contributed by atoms with Gasteiger partial charge in [-0.15, -0.1) is 0 Å². The number of hydrogen-bond acceptors (Lipinski definition) is 4. The molecule has 6 aromatic rings. The molecule has 5 heteroatoms. The molecule has 0 aliphatic carbocycles. The van der Waals surface area contributed by atoms with Crippen LogP contribution in [0.1, 0.15) is 5.82 Å². The summed E-state index contributed by atoms with van der Waals surface area (Å²) in [4.78, 5) is 16.6. The van der Waals surface area contributed by atoms with E-state index >= 15 is 0 Å². The van der Waals surface area contributed by atoms with Gasteiger partial charge in [-0.2, -0.15) is 0 Å². The fourth-order valence-corrected chi connectivity index (χ4v) is 3.97. The van der Waals surface area contributed by atoms with Gasteiger partial charge in [0.15, 0.2) is 5.82 Å². The third-order valence-electron chi connectivity index (χ3n) is 5.57. The summed E-state index contributed by atoms with van der Waals surface area (Å²) in [6, 6.07) is 32.9. The first-order valence-corrected chi connectivity index (χ1v) is 11.5. The molecular formula is C30H21ClN4. The number of benzene rings is 4. The van der Waals surface area contributed by atoms with E-state index in [9.17, 15) is 0 Å². The van der Waals surface area contributed by atoms with Gasteiger partial charge in [0.05, 0.1) is 11.4 Å². The van der Waals surface area contributed by atoms with Crippen LogP contribution in [0.5, 0.6) is 0 Å². The molecule has 0 radical (unpaired) electrons. The zero-order chi connectivity index (χ0) is 24.0. The van der Waals surface area contributed by atoms with E-state index in [1.165, 1.54) is 21.5 Å². The fourth-order valence-electron chi connectivity index (χ4n) is 3.83. The van der Waals surface area contributed by atoms with Crippen LogP contribution in [-0.4, -0.2) is 19.9 Å². The summed E-state index contributed by atoms with van der Waals surface area (Å²) in [5.41, 5.74) is 3.91. The van der Waals surface area contributed by atoms with Gasteiger partial charge < -0.3 is 0 Å². The Balaban J connectivity index is 0.000000145. The molecule has 168 valence electrons. The molecule has 0 fully saturated rings. The summed E-state index contributed by atoms with van der Waals surface area (Å²) < 4.78 is 0. The standard InChI is InChI=1S/C16H12N2.C14H9ClN2/c1-2-16-17-10-9-15(18-16)14-8-7-12-5-3-4-6-13(12)11-14;15-14-16-8-7-13(17-14)12-6-5-10-3-1-2-4-11(10)9-12/h2-11H,1H2;1-9H. The largest absolute Gasteiger partial charge is 0.237 e. The van der Waals surface area contributed by atoms with Crippen molar-refractivity contribution < 1.29 is 0 Å². The second-order valence-electron chi connectivity index (χ2n) is 7.84. The maximum Gasteiger partial charge on any atom is 0.222 e. The van der Waals surface area contributed by atoms with Crippen LogP contribution in [0, 0.1) is 0 Å². The quantitative estimate of drug-likeness (QED) is 0.246. The molecule has 0 aliphatic rings. The Bertz CT molecular complexity index is 1640. The van der Waals surface area contributed by atoms with Crippen molar-refractivity contribution in [1.29, 1.82) is 0 Å². The van der Waals surface area contributed by atoms with E-state index in [0.29, 0.717) is 5.82 Å². The molecule has 6 rings (SSSR count). The van der Waals surface area contributed by atoms with Crippen LogP contribution in [0.2, 0.25) is 5.28 Å². The number of fused-ring (bicyclic) bond motifs is 2. The Kier molecular flexibility index (Phi) is 6.55. The van der Waals surface area contributed by atoms with Gasteiger partial charge in [-0.25, -0.2) is 19.9 Å². The molecule has 0 aliphatic heterocycles. The van der Waals surface area contributed by atoms with Gasteiger partial charge in [-0.1, -0.05) is 79.4 Å². The van der Waals surface area contributed by atoms with Gasteiger partial charge in [0.25, 0.3) is 0 Å². The first-order chi connectivity index (χ1) is 17.2.